The van der Waals surface area contributed by atoms with Crippen molar-refractivity contribution in [1.82, 2.24) is 9.55 Å². The second kappa shape index (κ2) is 9.77. The minimum Gasteiger partial charge on any atom is -0.402 e. The molecule has 0 radical (unpaired) electrons. The van der Waals surface area contributed by atoms with E-state index in [0.29, 0.717) is 17.3 Å². The molecule has 1 N–H and O–H groups in total. The fraction of sp³-hybridized carbons (Fsp3) is 0.385. The van der Waals surface area contributed by atoms with Crippen molar-refractivity contribution in [2.24, 2.45) is 0 Å². The van der Waals surface area contributed by atoms with Crippen molar-refractivity contribution in [2.75, 3.05) is 5.33 Å². The largest absolute Gasteiger partial charge is 0.402 e. The fourth-order valence-electron chi connectivity index (χ4n) is 4.85. The number of hydrogen-bond acceptors (Lipinski definition) is 4. The van der Waals surface area contributed by atoms with Crippen LogP contribution in [0.15, 0.2) is 76.4 Å². The van der Waals surface area contributed by atoms with E-state index < -0.39 is 20.2 Å². The number of ether oxygens (including phenoxy) is 1. The molecule has 34 heavy (non-hydrogen) atoms. The third kappa shape index (κ3) is 4.52. The lowest BCUT2D eigenvalue weighted by Gasteiger charge is -2.45. The fourth-order valence-corrected chi connectivity index (χ4v) is 10.1. The van der Waals surface area contributed by atoms with Crippen LogP contribution in [0.3, 0.4) is 0 Å². The van der Waals surface area contributed by atoms with E-state index in [1.807, 2.05) is 12.1 Å². The summed E-state index contributed by atoms with van der Waals surface area (Å²) in [6.07, 6.45) is 1.07. The van der Waals surface area contributed by atoms with Crippen LogP contribution < -0.4 is 21.6 Å². The molecule has 0 spiro atoms. The number of H-pyrrole nitrogens is 1. The quantitative estimate of drug-likeness (QED) is 0.382. The molecule has 6 nitrogen and oxygen atoms in total. The van der Waals surface area contributed by atoms with Crippen LogP contribution in [0.5, 0.6) is 0 Å². The van der Waals surface area contributed by atoms with Crippen LogP contribution in [-0.4, -0.2) is 35.4 Å². The molecule has 1 aromatic heterocycles. The molecular formula is C26H31BrN2O4Si. The van der Waals surface area contributed by atoms with Gasteiger partial charge in [-0.15, -0.1) is 0 Å². The van der Waals surface area contributed by atoms with Crippen LogP contribution in [-0.2, 0) is 9.16 Å². The lowest BCUT2D eigenvalue weighted by atomic mass is 10.2. The average molecular weight is 544 g/mol. The van der Waals surface area contributed by atoms with Gasteiger partial charge in [0.1, 0.15) is 6.23 Å². The zero-order valence-corrected chi connectivity index (χ0v) is 22.5. The summed E-state index contributed by atoms with van der Waals surface area (Å²) in [7, 11) is -2.78. The molecule has 0 amide bonds. The SMILES string of the molecule is Cc1cn([C@H]2C[C@H](O[Si](c3ccccc3)(c3ccccc3)C(C)(C)C)[C@@H](CBr)O2)c(=O)[nH]c1=O. The van der Waals surface area contributed by atoms with Gasteiger partial charge in [0, 0.05) is 23.5 Å². The maximum Gasteiger partial charge on any atom is 0.330 e. The molecule has 1 saturated heterocycles. The maximum absolute atomic E-state index is 12.6. The van der Waals surface area contributed by atoms with Crippen LogP contribution in [0.25, 0.3) is 0 Å². The van der Waals surface area contributed by atoms with Crippen LogP contribution >= 0.6 is 15.9 Å². The number of halogens is 1. The van der Waals surface area contributed by atoms with Crippen molar-refractivity contribution >= 4 is 34.6 Å². The van der Waals surface area contributed by atoms with Gasteiger partial charge in [-0.3, -0.25) is 14.3 Å². The molecule has 2 aromatic carbocycles. The Morgan fingerprint density at radius 3 is 2.12 bits per heavy atom. The predicted octanol–water partition coefficient (Wildman–Crippen LogP) is 3.47. The monoisotopic (exact) mass is 542 g/mol. The zero-order valence-electron chi connectivity index (χ0n) is 20.0. The Labute approximate surface area is 209 Å². The standard InChI is InChI=1S/C26H31BrN2O4Si/c1-18-17-29(25(31)28-24(18)30)23-15-21(22(16-27)32-23)33-34(26(2,3)4,19-11-7-5-8-12-19)20-13-9-6-10-14-20/h5-14,17,21-23H,15-16H2,1-4H3,(H,28,30,31)/t21-,22+,23+/m0/s1. The van der Waals surface area contributed by atoms with E-state index in [2.05, 4.69) is 90.2 Å². The zero-order chi connectivity index (χ0) is 24.5. The topological polar surface area (TPSA) is 73.3 Å². The van der Waals surface area contributed by atoms with Crippen LogP contribution in [0.1, 0.15) is 39.0 Å². The van der Waals surface area contributed by atoms with Gasteiger partial charge < -0.3 is 9.16 Å². The average Bonchev–Trinajstić information content (AvgIpc) is 3.22. The summed E-state index contributed by atoms with van der Waals surface area (Å²) in [5.41, 5.74) is -0.383. The Bertz CT molecular complexity index is 1200. The molecule has 3 aromatic rings. The molecule has 0 unspecified atom stereocenters. The second-order valence-electron chi connectivity index (χ2n) is 9.82. The Morgan fingerprint density at radius 1 is 1.06 bits per heavy atom. The van der Waals surface area contributed by atoms with E-state index in [1.54, 1.807) is 13.1 Å². The lowest BCUT2D eigenvalue weighted by molar-refractivity contribution is -0.00476. The van der Waals surface area contributed by atoms with E-state index in [1.165, 1.54) is 14.9 Å². The number of benzene rings is 2. The van der Waals surface area contributed by atoms with Crippen molar-refractivity contribution in [3.63, 3.8) is 0 Å². The van der Waals surface area contributed by atoms with E-state index in [4.69, 9.17) is 9.16 Å². The molecule has 1 fully saturated rings. The Balaban J connectivity index is 1.79. The van der Waals surface area contributed by atoms with Gasteiger partial charge in [-0.25, -0.2) is 4.79 Å². The molecular weight excluding hydrogens is 512 g/mol. The van der Waals surface area contributed by atoms with Crippen molar-refractivity contribution in [3.8, 4) is 0 Å². The Morgan fingerprint density at radius 2 is 1.62 bits per heavy atom. The number of aryl methyl sites for hydroxylation is 1. The Hall–Kier alpha value is -2.26. The summed E-state index contributed by atoms with van der Waals surface area (Å²) in [5, 5.41) is 2.80. The predicted molar refractivity (Wildman–Crippen MR) is 141 cm³/mol. The third-order valence-corrected chi connectivity index (χ3v) is 12.2. The normalized spacial score (nSPS) is 21.0. The van der Waals surface area contributed by atoms with Gasteiger partial charge in [-0.05, 0) is 22.3 Å². The number of hydrogen-bond donors (Lipinski definition) is 1. The number of nitrogens with zero attached hydrogens (tertiary/aromatic N) is 1. The highest BCUT2D eigenvalue weighted by atomic mass is 79.9. The van der Waals surface area contributed by atoms with E-state index in [9.17, 15) is 9.59 Å². The number of aromatic amines is 1. The van der Waals surface area contributed by atoms with Crippen molar-refractivity contribution in [2.45, 2.75) is 57.6 Å². The molecule has 8 heteroatoms. The van der Waals surface area contributed by atoms with Gasteiger partial charge in [0.15, 0.2) is 0 Å². The third-order valence-electron chi connectivity index (χ3n) is 6.53. The van der Waals surface area contributed by atoms with Crippen LogP contribution in [0.2, 0.25) is 5.04 Å². The first-order valence-corrected chi connectivity index (χ1v) is 14.5. The maximum atomic E-state index is 12.6. The lowest BCUT2D eigenvalue weighted by Crippen LogP contribution is -2.68. The molecule has 0 aliphatic carbocycles. The summed E-state index contributed by atoms with van der Waals surface area (Å²) < 4.78 is 15.1. The summed E-state index contributed by atoms with van der Waals surface area (Å²) in [5.74, 6) is 0. The number of aromatic nitrogens is 2. The van der Waals surface area contributed by atoms with Crippen LogP contribution in [0, 0.1) is 6.92 Å². The highest BCUT2D eigenvalue weighted by molar-refractivity contribution is 9.09. The molecule has 4 rings (SSSR count). The van der Waals surface area contributed by atoms with Gasteiger partial charge in [-0.2, -0.15) is 0 Å². The summed E-state index contributed by atoms with van der Waals surface area (Å²) in [4.78, 5) is 26.8. The van der Waals surface area contributed by atoms with Crippen molar-refractivity contribution in [1.29, 1.82) is 0 Å². The first-order chi connectivity index (χ1) is 16.2. The van der Waals surface area contributed by atoms with E-state index in [0.717, 1.165) is 0 Å². The molecule has 180 valence electrons. The summed E-state index contributed by atoms with van der Waals surface area (Å²) >= 11 is 3.60. The molecule has 1 aliphatic rings. The first kappa shape index (κ1) is 24.8. The van der Waals surface area contributed by atoms with E-state index >= 15 is 0 Å². The van der Waals surface area contributed by atoms with Gasteiger partial charge in [0.05, 0.1) is 12.2 Å². The van der Waals surface area contributed by atoms with Gasteiger partial charge >= 0.3 is 5.69 Å². The second-order valence-corrected chi connectivity index (χ2v) is 14.7. The van der Waals surface area contributed by atoms with Gasteiger partial charge in [-0.1, -0.05) is 97.4 Å². The molecule has 1 aliphatic heterocycles. The summed E-state index contributed by atoms with van der Waals surface area (Å²) in [6, 6.07) is 21.0. The van der Waals surface area contributed by atoms with Gasteiger partial charge in [0.25, 0.3) is 13.9 Å². The molecule has 3 atom stereocenters. The molecule has 2 heterocycles. The molecule has 0 bridgehead atoms. The van der Waals surface area contributed by atoms with Crippen molar-refractivity contribution in [3.05, 3.63) is 93.3 Å². The first-order valence-electron chi connectivity index (χ1n) is 11.5. The minimum atomic E-state index is -2.78. The molecule has 0 saturated carbocycles. The minimum absolute atomic E-state index is 0.171. The van der Waals surface area contributed by atoms with Gasteiger partial charge in [0.2, 0.25) is 0 Å². The number of rotatable bonds is 6. The number of nitrogens with one attached hydrogen (secondary N) is 1. The van der Waals surface area contributed by atoms with E-state index in [-0.39, 0.29) is 22.8 Å². The van der Waals surface area contributed by atoms with Crippen LogP contribution in [0.4, 0.5) is 0 Å². The highest BCUT2D eigenvalue weighted by Crippen LogP contribution is 2.41. The smallest absolute Gasteiger partial charge is 0.330 e. The summed E-state index contributed by atoms with van der Waals surface area (Å²) in [6.45, 7) is 8.41. The Kier molecular flexibility index (Phi) is 7.14. The van der Waals surface area contributed by atoms with Crippen molar-refractivity contribution < 1.29 is 9.16 Å². The number of alkyl halides is 1. The highest BCUT2D eigenvalue weighted by Gasteiger charge is 2.53.